The molecule has 0 fully saturated rings. The Hall–Kier alpha value is -1.38. The van der Waals surface area contributed by atoms with E-state index in [-0.39, 0.29) is 0 Å². The number of hydrogen-bond acceptors (Lipinski definition) is 2. The molecule has 0 aromatic carbocycles. The molecule has 0 spiro atoms. The van der Waals surface area contributed by atoms with Gasteiger partial charge in [0.1, 0.15) is 0 Å². The Morgan fingerprint density at radius 2 is 2.45 bits per heavy atom. The number of carbonyl (C=O) groups is 1. The van der Waals surface area contributed by atoms with Crippen molar-refractivity contribution < 1.29 is 4.79 Å². The van der Waals surface area contributed by atoms with E-state index in [0.29, 0.717) is 5.69 Å². The lowest BCUT2D eigenvalue weighted by Gasteiger charge is -1.88. The SMILES string of the molecule is C/C=C(\C)c1cc(C=O)[nH]n1. The van der Waals surface area contributed by atoms with Crippen molar-refractivity contribution in [1.29, 1.82) is 0 Å². The fourth-order valence-electron chi connectivity index (χ4n) is 0.747. The van der Waals surface area contributed by atoms with Crippen molar-refractivity contribution in [3.8, 4) is 0 Å². The topological polar surface area (TPSA) is 45.8 Å². The highest BCUT2D eigenvalue weighted by molar-refractivity contribution is 5.74. The Morgan fingerprint density at radius 1 is 1.73 bits per heavy atom. The van der Waals surface area contributed by atoms with E-state index in [0.717, 1.165) is 17.6 Å². The lowest BCUT2D eigenvalue weighted by molar-refractivity contribution is 0.111. The van der Waals surface area contributed by atoms with Crippen LogP contribution in [0, 0.1) is 0 Å². The van der Waals surface area contributed by atoms with E-state index < -0.39 is 0 Å². The Labute approximate surface area is 65.1 Å². The molecular formula is C8H10N2O. The molecule has 11 heavy (non-hydrogen) atoms. The normalized spacial score (nSPS) is 11.6. The molecule has 1 N–H and O–H groups in total. The van der Waals surface area contributed by atoms with Gasteiger partial charge >= 0.3 is 0 Å². The van der Waals surface area contributed by atoms with Crippen molar-refractivity contribution in [1.82, 2.24) is 10.2 Å². The lowest BCUT2D eigenvalue weighted by Crippen LogP contribution is -1.77. The second kappa shape index (κ2) is 3.14. The first-order valence-electron chi connectivity index (χ1n) is 3.41. The van der Waals surface area contributed by atoms with Crippen molar-refractivity contribution in [3.05, 3.63) is 23.5 Å². The van der Waals surface area contributed by atoms with Gasteiger partial charge in [-0.3, -0.25) is 9.89 Å². The van der Waals surface area contributed by atoms with Crippen LogP contribution in [0.2, 0.25) is 0 Å². The minimum Gasteiger partial charge on any atom is -0.296 e. The van der Waals surface area contributed by atoms with Crippen molar-refractivity contribution in [2.24, 2.45) is 0 Å². The van der Waals surface area contributed by atoms with Gasteiger partial charge in [-0.15, -0.1) is 0 Å². The van der Waals surface area contributed by atoms with E-state index in [2.05, 4.69) is 10.2 Å². The summed E-state index contributed by atoms with van der Waals surface area (Å²) in [6.07, 6.45) is 2.70. The molecule has 0 aliphatic carbocycles. The van der Waals surface area contributed by atoms with Gasteiger partial charge in [0.15, 0.2) is 6.29 Å². The van der Waals surface area contributed by atoms with Gasteiger partial charge in [0.2, 0.25) is 0 Å². The first-order valence-corrected chi connectivity index (χ1v) is 3.41. The monoisotopic (exact) mass is 150 g/mol. The molecule has 1 rings (SSSR count). The Balaban J connectivity index is 2.97. The Morgan fingerprint density at radius 3 is 2.91 bits per heavy atom. The molecular weight excluding hydrogens is 140 g/mol. The molecule has 3 heteroatoms. The molecule has 3 nitrogen and oxygen atoms in total. The van der Waals surface area contributed by atoms with Gasteiger partial charge in [-0.25, -0.2) is 0 Å². The smallest absolute Gasteiger partial charge is 0.167 e. The van der Waals surface area contributed by atoms with Crippen LogP contribution in [-0.4, -0.2) is 16.5 Å². The maximum atomic E-state index is 10.2. The van der Waals surface area contributed by atoms with Gasteiger partial charge in [-0.1, -0.05) is 6.08 Å². The van der Waals surface area contributed by atoms with Crippen LogP contribution >= 0.6 is 0 Å². The van der Waals surface area contributed by atoms with Gasteiger partial charge in [0.05, 0.1) is 11.4 Å². The van der Waals surface area contributed by atoms with Crippen LogP contribution in [0.15, 0.2) is 12.1 Å². The molecule has 0 unspecified atom stereocenters. The summed E-state index contributed by atoms with van der Waals surface area (Å²) in [4.78, 5) is 10.2. The molecule has 0 aliphatic rings. The van der Waals surface area contributed by atoms with E-state index >= 15 is 0 Å². The number of carbonyl (C=O) groups excluding carboxylic acids is 1. The average molecular weight is 150 g/mol. The molecule has 0 bridgehead atoms. The predicted octanol–water partition coefficient (Wildman–Crippen LogP) is 1.65. The minimum absolute atomic E-state index is 0.515. The predicted molar refractivity (Wildman–Crippen MR) is 43.3 cm³/mol. The zero-order valence-corrected chi connectivity index (χ0v) is 6.59. The fraction of sp³-hybridized carbons (Fsp3) is 0.250. The van der Waals surface area contributed by atoms with E-state index in [1.807, 2.05) is 19.9 Å². The quantitative estimate of drug-likeness (QED) is 0.651. The second-order valence-electron chi connectivity index (χ2n) is 2.30. The summed E-state index contributed by atoms with van der Waals surface area (Å²) in [5.74, 6) is 0. The maximum Gasteiger partial charge on any atom is 0.167 e. The molecule has 0 radical (unpaired) electrons. The van der Waals surface area contributed by atoms with Crippen LogP contribution in [0.1, 0.15) is 30.0 Å². The Bertz CT molecular complexity index is 286. The fourth-order valence-corrected chi connectivity index (χ4v) is 0.747. The number of aldehydes is 1. The number of hydrogen-bond donors (Lipinski definition) is 1. The number of allylic oxidation sites excluding steroid dienone is 2. The Kier molecular flexibility index (Phi) is 2.21. The molecule has 0 saturated carbocycles. The molecule has 0 amide bonds. The van der Waals surface area contributed by atoms with Crippen molar-refractivity contribution in [2.45, 2.75) is 13.8 Å². The zero-order chi connectivity index (χ0) is 8.27. The molecule has 1 aromatic rings. The van der Waals surface area contributed by atoms with Crippen LogP contribution in [-0.2, 0) is 0 Å². The highest BCUT2D eigenvalue weighted by Crippen LogP contribution is 2.09. The summed E-state index contributed by atoms with van der Waals surface area (Å²) in [7, 11) is 0. The van der Waals surface area contributed by atoms with E-state index in [1.54, 1.807) is 6.07 Å². The van der Waals surface area contributed by atoms with Crippen LogP contribution in [0.25, 0.3) is 5.57 Å². The number of H-pyrrole nitrogens is 1. The third-order valence-electron chi connectivity index (χ3n) is 1.56. The first-order chi connectivity index (χ1) is 5.27. The molecule has 1 aromatic heterocycles. The number of nitrogens with one attached hydrogen (secondary N) is 1. The van der Waals surface area contributed by atoms with Crippen LogP contribution in [0.3, 0.4) is 0 Å². The summed E-state index contributed by atoms with van der Waals surface area (Å²) < 4.78 is 0. The van der Waals surface area contributed by atoms with Crippen LogP contribution in [0.5, 0.6) is 0 Å². The average Bonchev–Trinajstić information content (AvgIpc) is 2.50. The molecule has 0 atom stereocenters. The van der Waals surface area contributed by atoms with Crippen molar-refractivity contribution in [2.75, 3.05) is 0 Å². The lowest BCUT2D eigenvalue weighted by atomic mass is 10.2. The van der Waals surface area contributed by atoms with Gasteiger partial charge < -0.3 is 0 Å². The maximum absolute atomic E-state index is 10.2. The van der Waals surface area contributed by atoms with Crippen LogP contribution < -0.4 is 0 Å². The minimum atomic E-state index is 0.515. The second-order valence-corrected chi connectivity index (χ2v) is 2.30. The van der Waals surface area contributed by atoms with Gasteiger partial charge in [0, 0.05) is 0 Å². The standard InChI is InChI=1S/C8H10N2O/c1-3-6(2)8-4-7(5-11)9-10-8/h3-5H,1-2H3,(H,9,10)/b6-3+. The van der Waals surface area contributed by atoms with Crippen molar-refractivity contribution >= 4 is 11.9 Å². The molecule has 0 aliphatic heterocycles. The molecule has 1 heterocycles. The van der Waals surface area contributed by atoms with E-state index in [9.17, 15) is 4.79 Å². The summed E-state index contributed by atoms with van der Waals surface area (Å²) in [6.45, 7) is 3.88. The molecule has 58 valence electrons. The third kappa shape index (κ3) is 1.55. The zero-order valence-electron chi connectivity index (χ0n) is 6.59. The molecule has 0 saturated heterocycles. The summed E-state index contributed by atoms with van der Waals surface area (Å²) in [5.41, 5.74) is 2.41. The largest absolute Gasteiger partial charge is 0.296 e. The highest BCUT2D eigenvalue weighted by atomic mass is 16.1. The van der Waals surface area contributed by atoms with Gasteiger partial charge in [-0.05, 0) is 25.5 Å². The van der Waals surface area contributed by atoms with Gasteiger partial charge in [0.25, 0.3) is 0 Å². The number of nitrogens with zero attached hydrogens (tertiary/aromatic N) is 1. The summed E-state index contributed by atoms with van der Waals surface area (Å²) in [5, 5.41) is 6.54. The number of rotatable bonds is 2. The van der Waals surface area contributed by atoms with Crippen molar-refractivity contribution in [3.63, 3.8) is 0 Å². The third-order valence-corrected chi connectivity index (χ3v) is 1.56. The number of aromatic amines is 1. The highest BCUT2D eigenvalue weighted by Gasteiger charge is 1.99. The van der Waals surface area contributed by atoms with E-state index in [1.165, 1.54) is 0 Å². The first kappa shape index (κ1) is 7.72. The van der Waals surface area contributed by atoms with Gasteiger partial charge in [-0.2, -0.15) is 5.10 Å². The summed E-state index contributed by atoms with van der Waals surface area (Å²) >= 11 is 0. The van der Waals surface area contributed by atoms with Crippen LogP contribution in [0.4, 0.5) is 0 Å². The summed E-state index contributed by atoms with van der Waals surface area (Å²) in [6, 6.07) is 1.72. The number of aromatic nitrogens is 2. The van der Waals surface area contributed by atoms with E-state index in [4.69, 9.17) is 0 Å².